The average Bonchev–Trinajstić information content (AvgIpc) is 3.12. The largest absolute Gasteiger partial charge is 0.342 e. The molecule has 1 N–H and O–H groups in total. The van der Waals surface area contributed by atoms with E-state index < -0.39 is 0 Å². The predicted molar refractivity (Wildman–Crippen MR) is 109 cm³/mol. The first-order valence-electron chi connectivity index (χ1n) is 10.9. The van der Waals surface area contributed by atoms with Gasteiger partial charge in [0.2, 0.25) is 11.8 Å². The van der Waals surface area contributed by atoms with Gasteiger partial charge < -0.3 is 15.1 Å². The van der Waals surface area contributed by atoms with Crippen molar-refractivity contribution in [3.63, 3.8) is 0 Å². The van der Waals surface area contributed by atoms with Gasteiger partial charge in [-0.15, -0.1) is 12.4 Å². The van der Waals surface area contributed by atoms with Crippen molar-refractivity contribution in [1.29, 1.82) is 0 Å². The molecule has 3 aliphatic heterocycles. The smallest absolute Gasteiger partial charge is 0.230 e. The highest BCUT2D eigenvalue weighted by Crippen LogP contribution is 2.45. The highest BCUT2D eigenvalue weighted by molar-refractivity contribution is 5.85. The van der Waals surface area contributed by atoms with Crippen LogP contribution in [0, 0.1) is 23.2 Å². The van der Waals surface area contributed by atoms with Crippen molar-refractivity contribution in [2.75, 3.05) is 39.3 Å². The Morgan fingerprint density at radius 1 is 0.963 bits per heavy atom. The Labute approximate surface area is 170 Å². The molecule has 1 saturated carbocycles. The summed E-state index contributed by atoms with van der Waals surface area (Å²) in [5.74, 6) is 2.01. The Morgan fingerprint density at radius 2 is 1.74 bits per heavy atom. The van der Waals surface area contributed by atoms with E-state index in [0.717, 1.165) is 65.0 Å². The number of hydrogen-bond donors (Lipinski definition) is 1. The summed E-state index contributed by atoms with van der Waals surface area (Å²) in [6, 6.07) is 0. The van der Waals surface area contributed by atoms with Crippen molar-refractivity contribution in [2.45, 2.75) is 58.3 Å². The minimum Gasteiger partial charge on any atom is -0.342 e. The maximum absolute atomic E-state index is 13.4. The van der Waals surface area contributed by atoms with Crippen molar-refractivity contribution in [2.24, 2.45) is 23.2 Å². The van der Waals surface area contributed by atoms with Crippen molar-refractivity contribution >= 4 is 24.2 Å². The van der Waals surface area contributed by atoms with Gasteiger partial charge in [0.1, 0.15) is 0 Å². The Hall–Kier alpha value is -0.810. The molecule has 0 radical (unpaired) electrons. The monoisotopic (exact) mass is 397 g/mol. The summed E-state index contributed by atoms with van der Waals surface area (Å²) < 4.78 is 0. The van der Waals surface area contributed by atoms with E-state index in [1.165, 1.54) is 25.7 Å². The lowest BCUT2D eigenvalue weighted by Gasteiger charge is -2.43. The first-order valence-corrected chi connectivity index (χ1v) is 10.9. The number of rotatable bonds is 2. The number of carbonyl (C=O) groups is 2. The topological polar surface area (TPSA) is 52.7 Å². The Kier molecular flexibility index (Phi) is 6.73. The van der Waals surface area contributed by atoms with E-state index in [1.807, 2.05) is 0 Å². The third kappa shape index (κ3) is 4.00. The maximum atomic E-state index is 13.4. The predicted octanol–water partition coefficient (Wildman–Crippen LogP) is 2.69. The van der Waals surface area contributed by atoms with Gasteiger partial charge in [-0.2, -0.15) is 0 Å². The van der Waals surface area contributed by atoms with Crippen LogP contribution >= 0.6 is 12.4 Å². The van der Waals surface area contributed by atoms with Gasteiger partial charge in [0.15, 0.2) is 0 Å². The van der Waals surface area contributed by atoms with Crippen LogP contribution in [0.2, 0.25) is 0 Å². The zero-order valence-electron chi connectivity index (χ0n) is 16.8. The molecule has 0 aromatic rings. The van der Waals surface area contributed by atoms with Crippen LogP contribution < -0.4 is 5.32 Å². The molecule has 1 aliphatic carbocycles. The van der Waals surface area contributed by atoms with Crippen molar-refractivity contribution < 1.29 is 9.59 Å². The molecule has 3 atom stereocenters. The van der Waals surface area contributed by atoms with Gasteiger partial charge >= 0.3 is 0 Å². The molecule has 0 aromatic heterocycles. The summed E-state index contributed by atoms with van der Waals surface area (Å²) in [6.07, 6.45) is 8.79. The maximum Gasteiger partial charge on any atom is 0.230 e. The van der Waals surface area contributed by atoms with Crippen LogP contribution in [0.5, 0.6) is 0 Å². The molecule has 3 saturated heterocycles. The standard InChI is InChI=1S/C21H35N3O2.ClH/c1-16-5-4-10-24(14-16)19(25)17-7-11-23(12-8-17)20(26)21-9-3-2-6-18(21)13-22-15-21;/h16-18,22H,2-15H2,1H3;1H/t16?,18-,21+;/m0./s1. The number of nitrogens with zero attached hydrogens (tertiary/aromatic N) is 2. The van der Waals surface area contributed by atoms with E-state index in [9.17, 15) is 9.59 Å². The number of amides is 2. The fraction of sp³-hybridized carbons (Fsp3) is 0.905. The number of fused-ring (bicyclic) bond motifs is 1. The zero-order valence-corrected chi connectivity index (χ0v) is 17.6. The highest BCUT2D eigenvalue weighted by Gasteiger charge is 2.51. The molecule has 4 aliphatic rings. The van der Waals surface area contributed by atoms with Crippen LogP contribution in [-0.4, -0.2) is 60.9 Å². The van der Waals surface area contributed by atoms with Crippen LogP contribution in [0.4, 0.5) is 0 Å². The molecule has 4 rings (SSSR count). The third-order valence-electron chi connectivity index (χ3n) is 7.56. The Morgan fingerprint density at radius 3 is 2.48 bits per heavy atom. The fourth-order valence-corrected chi connectivity index (χ4v) is 5.96. The van der Waals surface area contributed by atoms with Crippen LogP contribution in [0.15, 0.2) is 0 Å². The number of hydrogen-bond acceptors (Lipinski definition) is 3. The van der Waals surface area contributed by atoms with E-state index in [4.69, 9.17) is 0 Å². The molecule has 3 heterocycles. The molecule has 2 amide bonds. The first-order chi connectivity index (χ1) is 12.6. The first kappa shape index (κ1) is 20.9. The number of piperidine rings is 2. The highest BCUT2D eigenvalue weighted by atomic mass is 35.5. The van der Waals surface area contributed by atoms with Gasteiger partial charge in [0.25, 0.3) is 0 Å². The van der Waals surface area contributed by atoms with Gasteiger partial charge in [0, 0.05) is 38.6 Å². The molecule has 0 bridgehead atoms. The molecule has 1 unspecified atom stereocenters. The summed E-state index contributed by atoms with van der Waals surface area (Å²) >= 11 is 0. The number of nitrogens with one attached hydrogen (secondary N) is 1. The average molecular weight is 398 g/mol. The van der Waals surface area contributed by atoms with E-state index in [2.05, 4.69) is 22.0 Å². The van der Waals surface area contributed by atoms with Crippen molar-refractivity contribution in [1.82, 2.24) is 15.1 Å². The van der Waals surface area contributed by atoms with E-state index in [1.54, 1.807) is 0 Å². The van der Waals surface area contributed by atoms with Gasteiger partial charge in [0.05, 0.1) is 5.41 Å². The summed E-state index contributed by atoms with van der Waals surface area (Å²) in [6.45, 7) is 7.51. The normalized spacial score (nSPS) is 34.7. The molecule has 154 valence electrons. The molecule has 0 spiro atoms. The lowest BCUT2D eigenvalue weighted by Crippen LogP contribution is -2.53. The molecule has 4 fully saturated rings. The van der Waals surface area contributed by atoms with Gasteiger partial charge in [-0.1, -0.05) is 19.8 Å². The van der Waals surface area contributed by atoms with E-state index in [0.29, 0.717) is 23.7 Å². The van der Waals surface area contributed by atoms with Gasteiger partial charge in [-0.25, -0.2) is 0 Å². The number of halogens is 1. The fourth-order valence-electron chi connectivity index (χ4n) is 5.96. The molecule has 27 heavy (non-hydrogen) atoms. The van der Waals surface area contributed by atoms with Crippen molar-refractivity contribution in [3.8, 4) is 0 Å². The van der Waals surface area contributed by atoms with Crippen LogP contribution in [-0.2, 0) is 9.59 Å². The summed E-state index contributed by atoms with van der Waals surface area (Å²) in [4.78, 5) is 30.4. The Balaban J connectivity index is 0.00000210. The van der Waals surface area contributed by atoms with E-state index in [-0.39, 0.29) is 23.7 Å². The zero-order chi connectivity index (χ0) is 18.1. The SMILES string of the molecule is CC1CCCN(C(=O)C2CCN(C(=O)[C@@]34CCCC[C@H]3CNC4)CC2)C1.Cl. The van der Waals surface area contributed by atoms with E-state index >= 15 is 0 Å². The second kappa shape index (κ2) is 8.69. The summed E-state index contributed by atoms with van der Waals surface area (Å²) in [5, 5.41) is 3.49. The summed E-state index contributed by atoms with van der Waals surface area (Å²) in [7, 11) is 0. The third-order valence-corrected chi connectivity index (χ3v) is 7.56. The molecular formula is C21H36ClN3O2. The molecular weight excluding hydrogens is 362 g/mol. The number of carbonyl (C=O) groups excluding carboxylic acids is 2. The summed E-state index contributed by atoms with van der Waals surface area (Å²) in [5.41, 5.74) is -0.141. The molecule has 0 aromatic carbocycles. The minimum absolute atomic E-state index is 0. The number of likely N-dealkylation sites (tertiary alicyclic amines) is 2. The second-order valence-electron chi connectivity index (χ2n) is 9.33. The lowest BCUT2D eigenvalue weighted by molar-refractivity contribution is -0.149. The van der Waals surface area contributed by atoms with Crippen LogP contribution in [0.25, 0.3) is 0 Å². The van der Waals surface area contributed by atoms with Crippen molar-refractivity contribution in [3.05, 3.63) is 0 Å². The molecule has 5 nitrogen and oxygen atoms in total. The quantitative estimate of drug-likeness (QED) is 0.779. The lowest BCUT2D eigenvalue weighted by atomic mass is 9.67. The van der Waals surface area contributed by atoms with Gasteiger partial charge in [-0.05, 0) is 56.9 Å². The van der Waals surface area contributed by atoms with Crippen LogP contribution in [0.1, 0.15) is 58.3 Å². The van der Waals surface area contributed by atoms with Gasteiger partial charge in [-0.3, -0.25) is 9.59 Å². The Bertz CT molecular complexity index is 550. The minimum atomic E-state index is -0.141. The van der Waals surface area contributed by atoms with Crippen LogP contribution in [0.3, 0.4) is 0 Å². The molecule has 6 heteroatoms. The second-order valence-corrected chi connectivity index (χ2v) is 9.33.